The summed E-state index contributed by atoms with van der Waals surface area (Å²) in [6, 6.07) is 7.18. The van der Waals surface area contributed by atoms with Gasteiger partial charge in [0.2, 0.25) is 5.91 Å². The molecule has 1 aliphatic carbocycles. The Hall–Kier alpha value is -3.10. The Kier molecular flexibility index (Phi) is 6.32. The fourth-order valence-electron chi connectivity index (χ4n) is 3.97. The number of benzene rings is 1. The number of hydrogen-bond donors (Lipinski definition) is 1. The van der Waals surface area contributed by atoms with Crippen LogP contribution in [0.25, 0.3) is 5.69 Å². The zero-order valence-corrected chi connectivity index (χ0v) is 21.1. The van der Waals surface area contributed by atoms with Crippen molar-refractivity contribution in [1.82, 2.24) is 20.0 Å². The van der Waals surface area contributed by atoms with Crippen molar-refractivity contribution in [3.05, 3.63) is 41.7 Å². The average Bonchev–Trinajstić information content (AvgIpc) is 3.18. The molecule has 2 aromatic rings. The highest BCUT2D eigenvalue weighted by Crippen LogP contribution is 2.37. The van der Waals surface area contributed by atoms with Gasteiger partial charge in [-0.15, -0.1) is 0 Å². The van der Waals surface area contributed by atoms with Crippen molar-refractivity contribution in [3.63, 3.8) is 0 Å². The maximum absolute atomic E-state index is 13.6. The van der Waals surface area contributed by atoms with Crippen LogP contribution in [0.3, 0.4) is 0 Å². The molecule has 0 bridgehead atoms. The van der Waals surface area contributed by atoms with E-state index in [1.54, 1.807) is 50.0 Å². The number of likely N-dealkylation sites (tertiary alicyclic amines) is 1. The number of sulfone groups is 1. The van der Waals surface area contributed by atoms with E-state index in [0.29, 0.717) is 18.5 Å². The second kappa shape index (κ2) is 8.84. The van der Waals surface area contributed by atoms with Crippen LogP contribution in [0.2, 0.25) is 5.02 Å². The van der Waals surface area contributed by atoms with Gasteiger partial charge in [-0.3, -0.25) is 9.69 Å². The molecule has 2 atom stereocenters. The van der Waals surface area contributed by atoms with Crippen LogP contribution in [0.1, 0.15) is 40.0 Å². The third-order valence-electron chi connectivity index (χ3n) is 5.95. The molecule has 2 fully saturated rings. The van der Waals surface area contributed by atoms with E-state index in [0.717, 1.165) is 4.90 Å². The molecule has 2 unspecified atom stereocenters. The molecule has 1 aromatic heterocycles. The second-order valence-corrected chi connectivity index (χ2v) is 12.4. The van der Waals surface area contributed by atoms with Crippen molar-refractivity contribution in [1.29, 1.82) is 5.26 Å². The van der Waals surface area contributed by atoms with Crippen LogP contribution in [0.5, 0.6) is 0 Å². The molecule has 4 rings (SSSR count). The van der Waals surface area contributed by atoms with E-state index >= 15 is 0 Å². The SMILES string of the molecule is CC(C)(C)OC(=O)N1CC(S(=O)(=O)c2ccc(-n3cccn3)cc2Cl)CC1C(=O)NC1(C#N)CC1. The van der Waals surface area contributed by atoms with E-state index in [-0.39, 0.29) is 22.9 Å². The number of carbonyl (C=O) groups excluding carboxylic acids is 2. The number of amides is 2. The summed E-state index contributed by atoms with van der Waals surface area (Å²) in [6.07, 6.45) is 3.37. The Morgan fingerprint density at radius 3 is 2.57 bits per heavy atom. The van der Waals surface area contributed by atoms with Crippen LogP contribution in [-0.4, -0.2) is 64.1 Å². The minimum Gasteiger partial charge on any atom is -0.444 e. The van der Waals surface area contributed by atoms with Crippen molar-refractivity contribution in [2.45, 2.75) is 67.4 Å². The molecular weight excluding hydrogens is 494 g/mol. The normalized spacial score (nSPS) is 21.3. The average molecular weight is 520 g/mol. The Bertz CT molecular complexity index is 1290. The zero-order valence-electron chi connectivity index (χ0n) is 19.6. The van der Waals surface area contributed by atoms with Crippen LogP contribution in [0, 0.1) is 11.3 Å². The second-order valence-electron chi connectivity index (χ2n) is 9.80. The summed E-state index contributed by atoms with van der Waals surface area (Å²) in [5, 5.41) is 15.0. The predicted octanol–water partition coefficient (Wildman–Crippen LogP) is 2.85. The lowest BCUT2D eigenvalue weighted by molar-refractivity contribution is -0.126. The van der Waals surface area contributed by atoms with Gasteiger partial charge in [-0.1, -0.05) is 11.6 Å². The molecule has 2 aliphatic rings. The fourth-order valence-corrected chi connectivity index (χ4v) is 6.20. The van der Waals surface area contributed by atoms with Gasteiger partial charge in [0.1, 0.15) is 17.2 Å². The van der Waals surface area contributed by atoms with E-state index in [2.05, 4.69) is 16.5 Å². The summed E-state index contributed by atoms with van der Waals surface area (Å²) in [7, 11) is -4.02. The molecule has 12 heteroatoms. The summed E-state index contributed by atoms with van der Waals surface area (Å²) < 4.78 is 34.1. The molecule has 2 heterocycles. The molecule has 1 N–H and O–H groups in total. The van der Waals surface area contributed by atoms with E-state index in [1.165, 1.54) is 12.1 Å². The molecule has 0 spiro atoms. The first-order valence-corrected chi connectivity index (χ1v) is 13.0. The number of halogens is 1. The van der Waals surface area contributed by atoms with E-state index in [9.17, 15) is 23.3 Å². The van der Waals surface area contributed by atoms with E-state index in [4.69, 9.17) is 16.3 Å². The minimum atomic E-state index is -4.02. The molecule has 2 amide bonds. The van der Waals surface area contributed by atoms with Gasteiger partial charge < -0.3 is 10.1 Å². The number of nitrogens with one attached hydrogen (secondary N) is 1. The number of nitriles is 1. The van der Waals surface area contributed by atoms with Gasteiger partial charge in [-0.25, -0.2) is 17.9 Å². The summed E-state index contributed by atoms with van der Waals surface area (Å²) >= 11 is 6.37. The lowest BCUT2D eigenvalue weighted by Crippen LogP contribution is -2.50. The van der Waals surface area contributed by atoms with Crippen LogP contribution >= 0.6 is 11.6 Å². The van der Waals surface area contributed by atoms with Gasteiger partial charge in [-0.05, 0) is 64.3 Å². The Balaban J connectivity index is 1.62. The van der Waals surface area contributed by atoms with Crippen LogP contribution in [0.15, 0.2) is 41.6 Å². The Labute approximate surface area is 208 Å². The van der Waals surface area contributed by atoms with Gasteiger partial charge in [0.15, 0.2) is 9.84 Å². The van der Waals surface area contributed by atoms with Crippen molar-refractivity contribution < 1.29 is 22.7 Å². The van der Waals surface area contributed by atoms with Gasteiger partial charge in [0.25, 0.3) is 0 Å². The monoisotopic (exact) mass is 519 g/mol. The number of carbonyl (C=O) groups is 2. The number of ether oxygens (including phenoxy) is 1. The van der Waals surface area contributed by atoms with E-state index < -0.39 is 44.3 Å². The quantitative estimate of drug-likeness (QED) is 0.641. The highest BCUT2D eigenvalue weighted by Gasteiger charge is 2.51. The Morgan fingerprint density at radius 2 is 2.03 bits per heavy atom. The lowest BCUT2D eigenvalue weighted by Gasteiger charge is -2.28. The number of nitrogens with zero attached hydrogens (tertiary/aromatic N) is 4. The number of aromatic nitrogens is 2. The standard InChI is InChI=1S/C23H26ClN5O5S/c1-22(2,3)34-21(31)28-13-16(12-18(28)20(30)27-23(14-25)7-8-23)35(32,33)19-6-5-15(11-17(19)24)29-10-4-9-26-29/h4-6,9-11,16,18H,7-8,12-13H2,1-3H3,(H,27,30). The maximum atomic E-state index is 13.6. The first-order valence-electron chi connectivity index (χ1n) is 11.1. The van der Waals surface area contributed by atoms with Gasteiger partial charge in [-0.2, -0.15) is 10.4 Å². The fraction of sp³-hybridized carbons (Fsp3) is 0.478. The third kappa shape index (κ3) is 5.13. The summed E-state index contributed by atoms with van der Waals surface area (Å²) in [4.78, 5) is 27.0. The summed E-state index contributed by atoms with van der Waals surface area (Å²) in [6.45, 7) is 4.80. The molecule has 0 radical (unpaired) electrons. The first-order chi connectivity index (χ1) is 16.3. The van der Waals surface area contributed by atoms with Gasteiger partial charge >= 0.3 is 6.09 Å². The molecule has 10 nitrogen and oxygen atoms in total. The topological polar surface area (TPSA) is 134 Å². The third-order valence-corrected chi connectivity index (χ3v) is 8.56. The predicted molar refractivity (Wildman–Crippen MR) is 127 cm³/mol. The van der Waals surface area contributed by atoms with Crippen molar-refractivity contribution >= 4 is 33.4 Å². The molecule has 1 aromatic carbocycles. The highest BCUT2D eigenvalue weighted by atomic mass is 35.5. The molecule has 1 saturated heterocycles. The van der Waals surface area contributed by atoms with Crippen LogP contribution in [-0.2, 0) is 19.4 Å². The maximum Gasteiger partial charge on any atom is 0.411 e. The molecule has 35 heavy (non-hydrogen) atoms. The summed E-state index contributed by atoms with van der Waals surface area (Å²) in [5.41, 5.74) is -1.21. The van der Waals surface area contributed by atoms with Crippen molar-refractivity contribution in [2.75, 3.05) is 6.54 Å². The smallest absolute Gasteiger partial charge is 0.411 e. The van der Waals surface area contributed by atoms with E-state index in [1.807, 2.05) is 0 Å². The first kappa shape index (κ1) is 25.0. The van der Waals surface area contributed by atoms with Crippen LogP contribution < -0.4 is 5.32 Å². The van der Waals surface area contributed by atoms with Gasteiger partial charge in [0.05, 0.1) is 26.9 Å². The van der Waals surface area contributed by atoms with Crippen molar-refractivity contribution in [3.8, 4) is 11.8 Å². The summed E-state index contributed by atoms with van der Waals surface area (Å²) in [5.74, 6) is -0.576. The zero-order chi connectivity index (χ0) is 25.6. The van der Waals surface area contributed by atoms with Crippen LogP contribution in [0.4, 0.5) is 4.79 Å². The molecular formula is C23H26ClN5O5S. The number of rotatable bonds is 5. The van der Waals surface area contributed by atoms with Gasteiger partial charge in [0, 0.05) is 18.9 Å². The van der Waals surface area contributed by atoms with Crippen molar-refractivity contribution in [2.24, 2.45) is 0 Å². The molecule has 1 saturated carbocycles. The molecule has 186 valence electrons. The minimum absolute atomic E-state index is 0.0103. The lowest BCUT2D eigenvalue weighted by atomic mass is 10.2. The Morgan fingerprint density at radius 1 is 1.31 bits per heavy atom. The largest absolute Gasteiger partial charge is 0.444 e. The highest BCUT2D eigenvalue weighted by molar-refractivity contribution is 7.92. The number of hydrogen-bond acceptors (Lipinski definition) is 7. The molecule has 1 aliphatic heterocycles.